The van der Waals surface area contributed by atoms with Crippen LogP contribution in [0.4, 0.5) is 0 Å². The van der Waals surface area contributed by atoms with Gasteiger partial charge in [-0.1, -0.05) is 6.07 Å². The molecule has 0 unspecified atom stereocenters. The fraction of sp³-hybridized carbons (Fsp3) is 0.214. The standard InChI is InChI=1S/C14H13N3O5S/c1-15-7-16(5-8-3-2-4-23-8)13(20)10-12(19)11(18)9(14(21)22)6-17(10)15/h2-4,6,19H,5,7H2,1H3,(H,21,22). The third-order valence-corrected chi connectivity index (χ3v) is 4.42. The van der Waals surface area contributed by atoms with Crippen molar-refractivity contribution in [2.75, 3.05) is 18.7 Å². The van der Waals surface area contributed by atoms with Gasteiger partial charge in [0.05, 0.1) is 6.54 Å². The van der Waals surface area contributed by atoms with Gasteiger partial charge in [-0.05, 0) is 11.4 Å². The second-order valence-corrected chi connectivity index (χ2v) is 6.13. The summed E-state index contributed by atoms with van der Waals surface area (Å²) in [5.41, 5.74) is -1.88. The van der Waals surface area contributed by atoms with Crippen molar-refractivity contribution in [3.63, 3.8) is 0 Å². The molecule has 3 heterocycles. The van der Waals surface area contributed by atoms with Crippen LogP contribution in [-0.4, -0.2) is 45.4 Å². The van der Waals surface area contributed by atoms with Crippen LogP contribution in [0.25, 0.3) is 0 Å². The van der Waals surface area contributed by atoms with Gasteiger partial charge in [0.2, 0.25) is 5.43 Å². The van der Waals surface area contributed by atoms with Crippen molar-refractivity contribution in [1.82, 2.24) is 9.58 Å². The number of carbonyl (C=O) groups excluding carboxylic acids is 1. The number of aromatic carboxylic acids is 1. The van der Waals surface area contributed by atoms with Gasteiger partial charge in [0.1, 0.15) is 12.2 Å². The molecule has 2 N–H and O–H groups in total. The Morgan fingerprint density at radius 1 is 1.39 bits per heavy atom. The maximum atomic E-state index is 12.6. The van der Waals surface area contributed by atoms with Crippen molar-refractivity contribution in [2.24, 2.45) is 0 Å². The largest absolute Gasteiger partial charge is 0.502 e. The first kappa shape index (κ1) is 15.1. The lowest BCUT2D eigenvalue weighted by atomic mass is 10.2. The number of carboxylic acid groups (broad SMARTS) is 1. The smallest absolute Gasteiger partial charge is 0.341 e. The number of nitrogens with zero attached hydrogens (tertiary/aromatic N) is 3. The van der Waals surface area contributed by atoms with Crippen molar-refractivity contribution in [3.05, 3.63) is 50.1 Å². The molecule has 8 nitrogen and oxygen atoms in total. The Labute approximate surface area is 134 Å². The van der Waals surface area contributed by atoms with Crippen LogP contribution in [0, 0.1) is 0 Å². The zero-order chi connectivity index (χ0) is 16.7. The zero-order valence-electron chi connectivity index (χ0n) is 12.1. The lowest BCUT2D eigenvalue weighted by molar-refractivity contribution is 0.0662. The van der Waals surface area contributed by atoms with Gasteiger partial charge in [0.15, 0.2) is 11.4 Å². The Kier molecular flexibility index (Phi) is 3.57. The van der Waals surface area contributed by atoms with Crippen LogP contribution < -0.4 is 10.4 Å². The van der Waals surface area contributed by atoms with Crippen LogP contribution in [0.3, 0.4) is 0 Å². The minimum absolute atomic E-state index is 0.200. The highest BCUT2D eigenvalue weighted by molar-refractivity contribution is 7.09. The van der Waals surface area contributed by atoms with Gasteiger partial charge in [0, 0.05) is 18.1 Å². The maximum absolute atomic E-state index is 12.6. The fourth-order valence-corrected chi connectivity index (χ4v) is 3.17. The van der Waals surface area contributed by atoms with Gasteiger partial charge in [-0.2, -0.15) is 0 Å². The minimum atomic E-state index is -1.46. The van der Waals surface area contributed by atoms with E-state index < -0.39 is 28.6 Å². The van der Waals surface area contributed by atoms with Crippen LogP contribution in [0.1, 0.15) is 25.7 Å². The molecule has 2 aromatic rings. The lowest BCUT2D eigenvalue weighted by Gasteiger charge is -2.37. The van der Waals surface area contributed by atoms with E-state index in [-0.39, 0.29) is 12.4 Å². The first-order valence-electron chi connectivity index (χ1n) is 6.65. The third kappa shape index (κ3) is 2.44. The Balaban J connectivity index is 2.07. The molecule has 9 heteroatoms. The van der Waals surface area contributed by atoms with E-state index in [0.29, 0.717) is 6.54 Å². The lowest BCUT2D eigenvalue weighted by Crippen LogP contribution is -2.52. The number of rotatable bonds is 3. The Morgan fingerprint density at radius 2 is 2.13 bits per heavy atom. The average molecular weight is 335 g/mol. The van der Waals surface area contributed by atoms with Crippen molar-refractivity contribution >= 4 is 23.2 Å². The second-order valence-electron chi connectivity index (χ2n) is 5.10. The Hall–Kier alpha value is -2.81. The molecule has 1 aliphatic rings. The molecule has 1 amide bonds. The summed E-state index contributed by atoms with van der Waals surface area (Å²) in [5, 5.41) is 22.5. The number of pyridine rings is 1. The third-order valence-electron chi connectivity index (χ3n) is 3.55. The number of amides is 1. The molecule has 0 saturated carbocycles. The Bertz CT molecular complexity index is 843. The molecule has 0 fully saturated rings. The number of hydrogen-bond donors (Lipinski definition) is 2. The van der Waals surface area contributed by atoms with Gasteiger partial charge in [0.25, 0.3) is 5.91 Å². The summed E-state index contributed by atoms with van der Waals surface area (Å²) in [4.78, 5) is 38.0. The highest BCUT2D eigenvalue weighted by Gasteiger charge is 2.33. The predicted molar refractivity (Wildman–Crippen MR) is 82.5 cm³/mol. The molecule has 2 aromatic heterocycles. The molecule has 23 heavy (non-hydrogen) atoms. The van der Waals surface area contributed by atoms with Gasteiger partial charge in [-0.3, -0.25) is 19.3 Å². The van der Waals surface area contributed by atoms with Crippen LogP contribution >= 0.6 is 11.3 Å². The topological polar surface area (TPSA) is 103 Å². The molecule has 0 bridgehead atoms. The van der Waals surface area contributed by atoms with Gasteiger partial charge < -0.3 is 15.1 Å². The number of carboxylic acids is 1. The highest BCUT2D eigenvalue weighted by atomic mass is 32.1. The van der Waals surface area contributed by atoms with Crippen LogP contribution in [0.5, 0.6) is 5.75 Å². The summed E-state index contributed by atoms with van der Waals surface area (Å²) in [6, 6.07) is 3.75. The van der Waals surface area contributed by atoms with Crippen LogP contribution in [0.2, 0.25) is 0 Å². The zero-order valence-corrected chi connectivity index (χ0v) is 12.9. The van der Waals surface area contributed by atoms with Crippen molar-refractivity contribution < 1.29 is 19.8 Å². The number of aromatic nitrogens is 1. The molecular weight excluding hydrogens is 322 g/mol. The van der Waals surface area contributed by atoms with E-state index in [1.54, 1.807) is 12.1 Å². The van der Waals surface area contributed by atoms with Gasteiger partial charge in [-0.25, -0.2) is 4.79 Å². The monoisotopic (exact) mass is 335 g/mol. The summed E-state index contributed by atoms with van der Waals surface area (Å²) in [5.74, 6) is -2.83. The van der Waals surface area contributed by atoms with E-state index in [1.807, 2.05) is 17.5 Å². The van der Waals surface area contributed by atoms with E-state index in [0.717, 1.165) is 11.1 Å². The summed E-state index contributed by atoms with van der Waals surface area (Å²) in [6.45, 7) is 0.542. The summed E-state index contributed by atoms with van der Waals surface area (Å²) in [6.07, 6.45) is 1.06. The molecular formula is C14H13N3O5S. The predicted octanol–water partition coefficient (Wildman–Crippen LogP) is 0.495. The van der Waals surface area contributed by atoms with Crippen LogP contribution in [0.15, 0.2) is 28.5 Å². The summed E-state index contributed by atoms with van der Waals surface area (Å²) < 4.78 is 1.20. The summed E-state index contributed by atoms with van der Waals surface area (Å²) in [7, 11) is 1.63. The molecule has 120 valence electrons. The minimum Gasteiger partial charge on any atom is -0.502 e. The maximum Gasteiger partial charge on any atom is 0.341 e. The molecule has 0 spiro atoms. The van der Waals surface area contributed by atoms with Gasteiger partial charge in [-0.15, -0.1) is 11.3 Å². The molecule has 3 rings (SSSR count). The molecule has 0 radical (unpaired) electrons. The van der Waals surface area contributed by atoms with Gasteiger partial charge >= 0.3 is 5.97 Å². The van der Waals surface area contributed by atoms with E-state index in [9.17, 15) is 19.5 Å². The second kappa shape index (κ2) is 5.43. The first-order chi connectivity index (χ1) is 10.9. The number of thiophene rings is 1. The van der Waals surface area contributed by atoms with E-state index in [2.05, 4.69) is 0 Å². The fourth-order valence-electron chi connectivity index (χ4n) is 2.45. The SMILES string of the molecule is CN1CN(Cc2cccs2)C(=O)c2c(O)c(=O)c(C(=O)O)cn21. The van der Waals surface area contributed by atoms with Crippen molar-refractivity contribution in [2.45, 2.75) is 6.54 Å². The number of aromatic hydroxyl groups is 1. The number of hydrogen-bond acceptors (Lipinski definition) is 6. The van der Waals surface area contributed by atoms with E-state index in [1.165, 1.54) is 20.9 Å². The molecule has 0 atom stereocenters. The molecule has 0 aliphatic carbocycles. The number of carbonyl (C=O) groups is 2. The Morgan fingerprint density at radius 3 is 2.74 bits per heavy atom. The first-order valence-corrected chi connectivity index (χ1v) is 7.53. The number of fused-ring (bicyclic) bond motifs is 1. The molecule has 0 saturated heterocycles. The van der Waals surface area contributed by atoms with E-state index in [4.69, 9.17) is 5.11 Å². The van der Waals surface area contributed by atoms with E-state index >= 15 is 0 Å². The summed E-state index contributed by atoms with van der Waals surface area (Å²) >= 11 is 1.49. The molecule has 0 aromatic carbocycles. The van der Waals surface area contributed by atoms with Crippen LogP contribution in [-0.2, 0) is 6.54 Å². The highest BCUT2D eigenvalue weighted by Crippen LogP contribution is 2.22. The van der Waals surface area contributed by atoms with Crippen molar-refractivity contribution in [3.8, 4) is 5.75 Å². The van der Waals surface area contributed by atoms with Crippen molar-refractivity contribution in [1.29, 1.82) is 0 Å². The normalized spacial score (nSPS) is 14.0. The quantitative estimate of drug-likeness (QED) is 0.846. The molecule has 1 aliphatic heterocycles. The average Bonchev–Trinajstić information content (AvgIpc) is 2.99.